The molecule has 0 saturated carbocycles. The predicted octanol–water partition coefficient (Wildman–Crippen LogP) is 6.27. The zero-order chi connectivity index (χ0) is 21.2. The van der Waals surface area contributed by atoms with E-state index in [0.717, 1.165) is 17.7 Å². The Labute approximate surface area is 173 Å². The zero-order valence-corrected chi connectivity index (χ0v) is 16.8. The maximum Gasteiger partial charge on any atom is 0.416 e. The van der Waals surface area contributed by atoms with E-state index in [-0.39, 0.29) is 5.76 Å². The molecule has 0 aliphatic heterocycles. The molecule has 3 N–H and O–H groups in total. The third kappa shape index (κ3) is 5.08. The topological polar surface area (TPSA) is 68.3 Å². The maximum atomic E-state index is 12.9. The Morgan fingerprint density at radius 2 is 1.93 bits per heavy atom. The molecule has 2 aromatic carbocycles. The molecule has 0 aliphatic carbocycles. The molecule has 0 fully saturated rings. The minimum atomic E-state index is -4.43. The molecular weight excluding hydrogens is 449 g/mol. The molecule has 8 heteroatoms. The molecule has 0 atom stereocenters. The van der Waals surface area contributed by atoms with Crippen LogP contribution in [0.5, 0.6) is 0 Å². The first kappa shape index (κ1) is 20.7. The number of hydrogen-bond acceptors (Lipinski definition) is 3. The number of carbonyl (C=O) groups excluding carboxylic acids is 1. The Balaban J connectivity index is 1.73. The van der Waals surface area contributed by atoms with Crippen molar-refractivity contribution in [3.8, 4) is 11.3 Å². The van der Waals surface area contributed by atoms with E-state index < -0.39 is 17.6 Å². The number of aryl methyl sites for hydroxylation is 1. The summed E-state index contributed by atoms with van der Waals surface area (Å²) >= 11 is 3.35. The summed E-state index contributed by atoms with van der Waals surface area (Å²) in [6, 6.07) is 11.4. The van der Waals surface area contributed by atoms with Crippen LogP contribution in [0.1, 0.15) is 16.9 Å². The average Bonchev–Trinajstić information content (AvgIpc) is 3.11. The molecule has 1 heterocycles. The van der Waals surface area contributed by atoms with E-state index in [9.17, 15) is 18.0 Å². The van der Waals surface area contributed by atoms with Gasteiger partial charge < -0.3 is 15.5 Å². The van der Waals surface area contributed by atoms with Gasteiger partial charge in [-0.1, -0.05) is 12.1 Å². The fourth-order valence-electron chi connectivity index (χ4n) is 2.70. The van der Waals surface area contributed by atoms with Gasteiger partial charge >= 0.3 is 6.18 Å². The number of nitrogens with two attached hydrogens (primary N) is 1. The van der Waals surface area contributed by atoms with Gasteiger partial charge in [-0.15, -0.1) is 0 Å². The molecule has 150 valence electrons. The Hall–Kier alpha value is -3.00. The van der Waals surface area contributed by atoms with Crippen molar-refractivity contribution in [2.24, 2.45) is 0 Å². The molecule has 4 nitrogen and oxygen atoms in total. The molecule has 0 saturated heterocycles. The maximum absolute atomic E-state index is 12.9. The van der Waals surface area contributed by atoms with E-state index in [0.29, 0.717) is 27.2 Å². The Bertz CT molecular complexity index is 1060. The molecule has 3 aromatic rings. The summed E-state index contributed by atoms with van der Waals surface area (Å²) in [5.41, 5.74) is 7.25. The SMILES string of the molecule is Cc1cc(N)cc(Br)c1NC(=O)/C=C/c1ccc(-c2cccc(C(F)(F)F)c2)o1. The minimum Gasteiger partial charge on any atom is -0.457 e. The molecule has 0 spiro atoms. The quantitative estimate of drug-likeness (QED) is 0.353. The van der Waals surface area contributed by atoms with E-state index in [4.69, 9.17) is 10.2 Å². The second-order valence-electron chi connectivity index (χ2n) is 6.30. The van der Waals surface area contributed by atoms with E-state index in [1.807, 2.05) is 6.92 Å². The second-order valence-corrected chi connectivity index (χ2v) is 7.15. The molecule has 0 bridgehead atoms. The summed E-state index contributed by atoms with van der Waals surface area (Å²) < 4.78 is 44.8. The molecule has 3 rings (SSSR count). The highest BCUT2D eigenvalue weighted by Crippen LogP contribution is 2.33. The second kappa shape index (κ2) is 8.16. The van der Waals surface area contributed by atoms with Crippen LogP contribution in [0.25, 0.3) is 17.4 Å². The van der Waals surface area contributed by atoms with Crippen molar-refractivity contribution in [3.05, 3.63) is 76.0 Å². The number of carbonyl (C=O) groups is 1. The number of anilines is 2. The number of nitrogens with one attached hydrogen (secondary N) is 1. The number of benzene rings is 2. The van der Waals surface area contributed by atoms with Gasteiger partial charge in [-0.05, 0) is 70.9 Å². The van der Waals surface area contributed by atoms with Crippen molar-refractivity contribution in [2.45, 2.75) is 13.1 Å². The van der Waals surface area contributed by atoms with Crippen molar-refractivity contribution in [1.29, 1.82) is 0 Å². The first-order valence-electron chi connectivity index (χ1n) is 8.45. The molecule has 29 heavy (non-hydrogen) atoms. The van der Waals surface area contributed by atoms with Crippen LogP contribution in [-0.2, 0) is 11.0 Å². The third-order valence-corrected chi connectivity index (χ3v) is 4.68. The van der Waals surface area contributed by atoms with Crippen molar-refractivity contribution in [1.82, 2.24) is 0 Å². The molecule has 1 amide bonds. The van der Waals surface area contributed by atoms with E-state index in [2.05, 4.69) is 21.2 Å². The number of alkyl halides is 3. The van der Waals surface area contributed by atoms with Gasteiger partial charge in [0.1, 0.15) is 11.5 Å². The fraction of sp³-hybridized carbons (Fsp3) is 0.0952. The molecule has 0 radical (unpaired) electrons. The Morgan fingerprint density at radius 1 is 1.17 bits per heavy atom. The largest absolute Gasteiger partial charge is 0.457 e. The van der Waals surface area contributed by atoms with Crippen LogP contribution in [0.2, 0.25) is 0 Å². The van der Waals surface area contributed by atoms with Gasteiger partial charge in [-0.2, -0.15) is 13.2 Å². The summed E-state index contributed by atoms with van der Waals surface area (Å²) in [4.78, 5) is 12.2. The lowest BCUT2D eigenvalue weighted by Gasteiger charge is -2.10. The summed E-state index contributed by atoms with van der Waals surface area (Å²) in [6.45, 7) is 1.81. The van der Waals surface area contributed by atoms with Gasteiger partial charge in [0.05, 0.1) is 11.3 Å². The van der Waals surface area contributed by atoms with Gasteiger partial charge in [0, 0.05) is 21.8 Å². The summed E-state index contributed by atoms with van der Waals surface area (Å²) in [5, 5.41) is 2.74. The number of furan rings is 1. The first-order valence-corrected chi connectivity index (χ1v) is 9.25. The summed E-state index contributed by atoms with van der Waals surface area (Å²) in [7, 11) is 0. The van der Waals surface area contributed by atoms with Crippen LogP contribution in [-0.4, -0.2) is 5.91 Å². The number of nitrogen functional groups attached to an aromatic ring is 1. The molecule has 0 aliphatic rings. The highest BCUT2D eigenvalue weighted by molar-refractivity contribution is 9.10. The number of amides is 1. The number of rotatable bonds is 4. The summed E-state index contributed by atoms with van der Waals surface area (Å²) in [6.07, 6.45) is -1.72. The van der Waals surface area contributed by atoms with Crippen molar-refractivity contribution < 1.29 is 22.4 Å². The zero-order valence-electron chi connectivity index (χ0n) is 15.2. The number of hydrogen-bond donors (Lipinski definition) is 2. The van der Waals surface area contributed by atoms with Gasteiger partial charge in [0.25, 0.3) is 0 Å². The van der Waals surface area contributed by atoms with Crippen LogP contribution in [0, 0.1) is 6.92 Å². The lowest BCUT2D eigenvalue weighted by molar-refractivity contribution is -0.137. The van der Waals surface area contributed by atoms with Crippen LogP contribution < -0.4 is 11.1 Å². The van der Waals surface area contributed by atoms with Gasteiger partial charge in [0.2, 0.25) is 5.91 Å². The lowest BCUT2D eigenvalue weighted by atomic mass is 10.1. The van der Waals surface area contributed by atoms with Crippen LogP contribution in [0.4, 0.5) is 24.5 Å². The molecule has 1 aromatic heterocycles. The average molecular weight is 465 g/mol. The first-order chi connectivity index (χ1) is 13.6. The van der Waals surface area contributed by atoms with Crippen LogP contribution in [0.15, 0.2) is 63.5 Å². The van der Waals surface area contributed by atoms with E-state index in [1.54, 1.807) is 24.3 Å². The van der Waals surface area contributed by atoms with E-state index >= 15 is 0 Å². The van der Waals surface area contributed by atoms with Crippen molar-refractivity contribution in [2.75, 3.05) is 11.1 Å². The highest BCUT2D eigenvalue weighted by atomic mass is 79.9. The van der Waals surface area contributed by atoms with Crippen molar-refractivity contribution in [3.63, 3.8) is 0 Å². The van der Waals surface area contributed by atoms with Crippen LogP contribution in [0.3, 0.4) is 0 Å². The van der Waals surface area contributed by atoms with Gasteiger partial charge in [0.15, 0.2) is 0 Å². The Kier molecular flexibility index (Phi) is 5.83. The van der Waals surface area contributed by atoms with Gasteiger partial charge in [-0.3, -0.25) is 4.79 Å². The molecular formula is C21H16BrF3N2O2. The smallest absolute Gasteiger partial charge is 0.416 e. The predicted molar refractivity (Wildman–Crippen MR) is 110 cm³/mol. The normalized spacial score (nSPS) is 11.8. The van der Waals surface area contributed by atoms with Gasteiger partial charge in [-0.25, -0.2) is 0 Å². The van der Waals surface area contributed by atoms with Crippen molar-refractivity contribution >= 4 is 39.3 Å². The Morgan fingerprint density at radius 3 is 2.62 bits per heavy atom. The fourth-order valence-corrected chi connectivity index (χ4v) is 3.37. The number of halogens is 4. The summed E-state index contributed by atoms with van der Waals surface area (Å²) in [5.74, 6) is 0.213. The third-order valence-electron chi connectivity index (χ3n) is 4.06. The van der Waals surface area contributed by atoms with Crippen LogP contribution >= 0.6 is 15.9 Å². The minimum absolute atomic E-state index is 0.272. The monoisotopic (exact) mass is 464 g/mol. The lowest BCUT2D eigenvalue weighted by Crippen LogP contribution is -2.09. The standard InChI is InChI=1S/C21H16BrF3N2O2/c1-12-9-15(26)11-17(22)20(12)27-19(28)8-6-16-5-7-18(29-16)13-3-2-4-14(10-13)21(23,24)25/h2-11H,26H2,1H3,(H,27,28)/b8-6+. The molecule has 0 unspecified atom stereocenters. The highest BCUT2D eigenvalue weighted by Gasteiger charge is 2.30. The van der Waals surface area contributed by atoms with E-state index in [1.165, 1.54) is 24.3 Å².